The summed E-state index contributed by atoms with van der Waals surface area (Å²) in [5, 5.41) is 11.3. The average Bonchev–Trinajstić information content (AvgIpc) is 3.26. The van der Waals surface area contributed by atoms with E-state index in [9.17, 15) is 12.8 Å². The van der Waals surface area contributed by atoms with E-state index in [1.54, 1.807) is 36.5 Å². The Hall–Kier alpha value is -3.20. The first-order chi connectivity index (χ1) is 14.5. The summed E-state index contributed by atoms with van der Waals surface area (Å²) in [6.45, 7) is 2.04. The molecule has 0 unspecified atom stereocenters. The number of halogens is 1. The molecule has 7 nitrogen and oxygen atoms in total. The van der Waals surface area contributed by atoms with Gasteiger partial charge in [0.05, 0.1) is 17.6 Å². The lowest BCUT2D eigenvalue weighted by molar-refractivity contribution is 0.591. The average molecular weight is 428 g/mol. The number of nitrogens with one attached hydrogen (secondary N) is 2. The number of rotatable bonds is 7. The van der Waals surface area contributed by atoms with Gasteiger partial charge in [-0.2, -0.15) is 5.10 Å². The standard InChI is InChI=1S/C21H22FN5O2S/c22-20-6-2-1-5-16(20)15-30(28,29)26-18-9-7-17(8-10-18)24-21-13-19(14-23-25-21)27-11-3-4-12-27/h1-2,5-10,13-14,26H,3-4,11-12,15H2,(H,24,25). The SMILES string of the molecule is O=S(=O)(Cc1ccccc1F)Nc1ccc(Nc2cc(N3CCCC3)cnn2)cc1. The lowest BCUT2D eigenvalue weighted by Gasteiger charge is -2.17. The quantitative estimate of drug-likeness (QED) is 0.595. The molecule has 156 valence electrons. The molecule has 2 aromatic carbocycles. The van der Waals surface area contributed by atoms with E-state index < -0.39 is 21.6 Å². The van der Waals surface area contributed by atoms with Crippen LogP contribution in [0.3, 0.4) is 0 Å². The highest BCUT2D eigenvalue weighted by Crippen LogP contribution is 2.24. The van der Waals surface area contributed by atoms with Crippen LogP contribution in [-0.4, -0.2) is 31.7 Å². The molecule has 9 heteroatoms. The summed E-state index contributed by atoms with van der Waals surface area (Å²) >= 11 is 0. The molecular formula is C21H22FN5O2S. The van der Waals surface area contributed by atoms with Crippen LogP contribution in [0.5, 0.6) is 0 Å². The largest absolute Gasteiger partial charge is 0.370 e. The minimum absolute atomic E-state index is 0.125. The number of hydrogen-bond acceptors (Lipinski definition) is 6. The monoisotopic (exact) mass is 427 g/mol. The maximum Gasteiger partial charge on any atom is 0.237 e. The predicted molar refractivity (Wildman–Crippen MR) is 116 cm³/mol. The van der Waals surface area contributed by atoms with Crippen LogP contribution in [0.2, 0.25) is 0 Å². The molecule has 30 heavy (non-hydrogen) atoms. The number of benzene rings is 2. The molecule has 4 rings (SSSR count). The van der Waals surface area contributed by atoms with Gasteiger partial charge in [-0.25, -0.2) is 12.8 Å². The van der Waals surface area contributed by atoms with Crippen LogP contribution in [-0.2, 0) is 15.8 Å². The molecule has 1 saturated heterocycles. The number of sulfonamides is 1. The van der Waals surface area contributed by atoms with Gasteiger partial charge in [0.15, 0.2) is 5.82 Å². The van der Waals surface area contributed by atoms with E-state index in [0.717, 1.165) is 24.5 Å². The van der Waals surface area contributed by atoms with E-state index in [0.29, 0.717) is 11.5 Å². The Morgan fingerprint density at radius 1 is 1.00 bits per heavy atom. The third-order valence-corrected chi connectivity index (χ3v) is 6.08. The fourth-order valence-corrected chi connectivity index (χ4v) is 4.58. The Morgan fingerprint density at radius 3 is 2.43 bits per heavy atom. The fraction of sp³-hybridized carbons (Fsp3) is 0.238. The Bertz CT molecular complexity index is 1120. The zero-order valence-electron chi connectivity index (χ0n) is 16.3. The number of nitrogens with zero attached hydrogens (tertiary/aromatic N) is 3. The van der Waals surface area contributed by atoms with Gasteiger partial charge in [-0.1, -0.05) is 18.2 Å². The van der Waals surface area contributed by atoms with E-state index >= 15 is 0 Å². The normalized spacial score (nSPS) is 14.0. The molecule has 0 atom stereocenters. The zero-order valence-corrected chi connectivity index (χ0v) is 17.1. The summed E-state index contributed by atoms with van der Waals surface area (Å²) in [6, 6.07) is 14.5. The van der Waals surface area contributed by atoms with Crippen molar-refractivity contribution in [1.29, 1.82) is 0 Å². The lowest BCUT2D eigenvalue weighted by atomic mass is 10.2. The molecule has 1 fully saturated rings. The molecule has 2 N–H and O–H groups in total. The molecule has 0 amide bonds. The van der Waals surface area contributed by atoms with Crippen molar-refractivity contribution in [2.75, 3.05) is 28.0 Å². The van der Waals surface area contributed by atoms with E-state index in [2.05, 4.69) is 25.1 Å². The first kappa shape index (κ1) is 20.1. The molecule has 0 bridgehead atoms. The summed E-state index contributed by atoms with van der Waals surface area (Å²) in [5.41, 5.74) is 2.30. The smallest absolute Gasteiger partial charge is 0.237 e. The van der Waals surface area contributed by atoms with Gasteiger partial charge in [-0.05, 0) is 43.2 Å². The Labute approximate surface area is 175 Å². The summed E-state index contributed by atoms with van der Waals surface area (Å²) in [4.78, 5) is 2.27. The third-order valence-electron chi connectivity index (χ3n) is 4.85. The summed E-state index contributed by atoms with van der Waals surface area (Å²) in [7, 11) is -3.74. The minimum atomic E-state index is -3.74. The van der Waals surface area contributed by atoms with Crippen LogP contribution >= 0.6 is 0 Å². The lowest BCUT2D eigenvalue weighted by Crippen LogP contribution is -2.18. The number of anilines is 4. The van der Waals surface area contributed by atoms with Crippen LogP contribution in [0, 0.1) is 5.82 Å². The maximum atomic E-state index is 13.7. The van der Waals surface area contributed by atoms with Crippen molar-refractivity contribution >= 4 is 32.9 Å². The topological polar surface area (TPSA) is 87.2 Å². The van der Waals surface area contributed by atoms with Crippen LogP contribution in [0.15, 0.2) is 60.8 Å². The van der Waals surface area contributed by atoms with Gasteiger partial charge < -0.3 is 10.2 Å². The van der Waals surface area contributed by atoms with Gasteiger partial charge in [-0.3, -0.25) is 4.72 Å². The molecule has 0 aliphatic carbocycles. The predicted octanol–water partition coefficient (Wildman–Crippen LogP) is 3.90. The van der Waals surface area contributed by atoms with E-state index in [1.807, 2.05) is 6.07 Å². The van der Waals surface area contributed by atoms with Crippen molar-refractivity contribution in [3.63, 3.8) is 0 Å². The first-order valence-electron chi connectivity index (χ1n) is 9.67. The van der Waals surface area contributed by atoms with Crippen molar-refractivity contribution in [1.82, 2.24) is 10.2 Å². The van der Waals surface area contributed by atoms with Gasteiger partial charge >= 0.3 is 0 Å². The zero-order chi connectivity index (χ0) is 21.0. The number of hydrogen-bond donors (Lipinski definition) is 2. The van der Waals surface area contributed by atoms with Gasteiger partial charge in [-0.15, -0.1) is 5.10 Å². The van der Waals surface area contributed by atoms with Crippen LogP contribution in [0.1, 0.15) is 18.4 Å². The fourth-order valence-electron chi connectivity index (χ4n) is 3.37. The summed E-state index contributed by atoms with van der Waals surface area (Å²) in [6.07, 6.45) is 4.11. The second kappa shape index (κ2) is 8.66. The third kappa shape index (κ3) is 5.04. The van der Waals surface area contributed by atoms with Crippen molar-refractivity contribution in [3.05, 3.63) is 72.2 Å². The van der Waals surface area contributed by atoms with Crippen molar-refractivity contribution in [2.24, 2.45) is 0 Å². The highest BCUT2D eigenvalue weighted by atomic mass is 32.2. The highest BCUT2D eigenvalue weighted by Gasteiger charge is 2.15. The van der Waals surface area contributed by atoms with Crippen LogP contribution < -0.4 is 14.9 Å². The van der Waals surface area contributed by atoms with Gasteiger partial charge in [0.25, 0.3) is 0 Å². The molecular weight excluding hydrogens is 405 g/mol. The molecule has 0 spiro atoms. The molecule has 2 heterocycles. The Kier molecular flexibility index (Phi) is 5.80. The van der Waals surface area contributed by atoms with E-state index in [1.165, 1.54) is 31.0 Å². The molecule has 1 aliphatic rings. The second-order valence-corrected chi connectivity index (χ2v) is 8.87. The Balaban J connectivity index is 1.40. The minimum Gasteiger partial charge on any atom is -0.370 e. The molecule has 0 radical (unpaired) electrons. The Morgan fingerprint density at radius 2 is 1.70 bits per heavy atom. The molecule has 1 aliphatic heterocycles. The van der Waals surface area contributed by atoms with E-state index in [4.69, 9.17) is 0 Å². The number of aromatic nitrogens is 2. The first-order valence-corrected chi connectivity index (χ1v) is 11.3. The van der Waals surface area contributed by atoms with Crippen molar-refractivity contribution < 1.29 is 12.8 Å². The maximum absolute atomic E-state index is 13.7. The van der Waals surface area contributed by atoms with Crippen LogP contribution in [0.4, 0.5) is 27.3 Å². The molecule has 3 aromatic rings. The molecule has 1 aromatic heterocycles. The second-order valence-electron chi connectivity index (χ2n) is 7.15. The van der Waals surface area contributed by atoms with Crippen molar-refractivity contribution in [3.8, 4) is 0 Å². The van der Waals surface area contributed by atoms with Gasteiger partial charge in [0, 0.05) is 36.1 Å². The summed E-state index contributed by atoms with van der Waals surface area (Å²) in [5.74, 6) is -0.356. The van der Waals surface area contributed by atoms with E-state index in [-0.39, 0.29) is 5.56 Å². The van der Waals surface area contributed by atoms with Crippen LogP contribution in [0.25, 0.3) is 0 Å². The summed E-state index contributed by atoms with van der Waals surface area (Å²) < 4.78 is 40.9. The highest BCUT2D eigenvalue weighted by molar-refractivity contribution is 7.91. The molecule has 0 saturated carbocycles. The van der Waals surface area contributed by atoms with Gasteiger partial charge in [0.1, 0.15) is 5.82 Å². The van der Waals surface area contributed by atoms with Crippen molar-refractivity contribution in [2.45, 2.75) is 18.6 Å². The van der Waals surface area contributed by atoms with Gasteiger partial charge in [0.2, 0.25) is 10.0 Å².